The number of benzene rings is 1. The smallest absolute Gasteiger partial charge is 0.349 e. The third kappa shape index (κ3) is 7.73. The number of hydrogen-bond donors (Lipinski definition) is 4. The summed E-state index contributed by atoms with van der Waals surface area (Å²) in [6.45, 7) is 8.89. The Balaban J connectivity index is 1.44. The number of aromatic amines is 1. The van der Waals surface area contributed by atoms with Crippen molar-refractivity contribution < 1.29 is 13.7 Å². The van der Waals surface area contributed by atoms with Crippen molar-refractivity contribution in [3.05, 3.63) is 42.7 Å². The topological polar surface area (TPSA) is 150 Å². The number of amides is 2. The van der Waals surface area contributed by atoms with Gasteiger partial charge in [0, 0.05) is 54.9 Å². The Bertz CT molecular complexity index is 1310. The molecule has 1 aromatic carbocycles. The molecule has 3 aromatic rings. The Morgan fingerprint density at radius 2 is 1.97 bits per heavy atom. The van der Waals surface area contributed by atoms with Crippen LogP contribution in [0, 0.1) is 0 Å². The predicted molar refractivity (Wildman–Crippen MR) is 148 cm³/mol. The summed E-state index contributed by atoms with van der Waals surface area (Å²) in [6, 6.07) is 8.08. The summed E-state index contributed by atoms with van der Waals surface area (Å²) in [7, 11) is -2.88. The van der Waals surface area contributed by atoms with E-state index in [2.05, 4.69) is 40.4 Å². The third-order valence-electron chi connectivity index (χ3n) is 5.84. The van der Waals surface area contributed by atoms with Crippen molar-refractivity contribution in [2.24, 2.45) is 4.36 Å². The SMILES string of the molecule is CC(C)NC(=O)N=S(C)(=O)c1ccc(Nc2ncc(-c3ccn[nH]3)c(NCCCN3CCOCC3)n2)cc1. The number of rotatable bonds is 10. The van der Waals surface area contributed by atoms with Crippen molar-refractivity contribution in [2.75, 3.05) is 56.3 Å². The molecule has 1 aliphatic rings. The molecule has 0 saturated carbocycles. The van der Waals surface area contributed by atoms with Crippen molar-refractivity contribution >= 4 is 33.2 Å². The second-order valence-corrected chi connectivity index (χ2v) is 11.6. The first-order valence-electron chi connectivity index (χ1n) is 12.6. The minimum atomic E-state index is -2.88. The highest BCUT2D eigenvalue weighted by molar-refractivity contribution is 7.93. The fraction of sp³-hybridized carbons (Fsp3) is 0.440. The fourth-order valence-electron chi connectivity index (χ4n) is 3.92. The summed E-state index contributed by atoms with van der Waals surface area (Å²) in [5.41, 5.74) is 2.35. The molecule has 38 heavy (non-hydrogen) atoms. The van der Waals surface area contributed by atoms with Crippen LogP contribution in [0.25, 0.3) is 11.3 Å². The van der Waals surface area contributed by atoms with E-state index in [-0.39, 0.29) is 6.04 Å². The van der Waals surface area contributed by atoms with Crippen molar-refractivity contribution in [1.82, 2.24) is 30.4 Å². The number of ether oxygens (including phenoxy) is 1. The molecule has 3 heterocycles. The number of H-pyrrole nitrogens is 1. The molecule has 0 spiro atoms. The minimum absolute atomic E-state index is 0.0863. The number of carbonyl (C=O) groups excluding carboxylic acids is 1. The molecule has 204 valence electrons. The highest BCUT2D eigenvalue weighted by atomic mass is 32.2. The van der Waals surface area contributed by atoms with Gasteiger partial charge in [-0.3, -0.25) is 10.00 Å². The van der Waals surface area contributed by atoms with Crippen molar-refractivity contribution in [1.29, 1.82) is 0 Å². The molecule has 1 unspecified atom stereocenters. The van der Waals surface area contributed by atoms with Gasteiger partial charge in [-0.15, -0.1) is 4.36 Å². The molecule has 1 saturated heterocycles. The summed E-state index contributed by atoms with van der Waals surface area (Å²) in [6.07, 6.45) is 5.85. The molecule has 0 aliphatic carbocycles. The lowest BCUT2D eigenvalue weighted by molar-refractivity contribution is 0.0378. The van der Waals surface area contributed by atoms with Crippen molar-refractivity contribution in [2.45, 2.75) is 31.2 Å². The quantitative estimate of drug-likeness (QED) is 0.284. The van der Waals surface area contributed by atoms with E-state index < -0.39 is 15.8 Å². The highest BCUT2D eigenvalue weighted by Gasteiger charge is 2.14. The van der Waals surface area contributed by atoms with Crippen LogP contribution < -0.4 is 16.0 Å². The number of nitrogens with one attached hydrogen (secondary N) is 4. The Morgan fingerprint density at radius 3 is 2.66 bits per heavy atom. The Morgan fingerprint density at radius 1 is 1.21 bits per heavy atom. The summed E-state index contributed by atoms with van der Waals surface area (Å²) in [5, 5.41) is 16.3. The van der Waals surface area contributed by atoms with Crippen LogP contribution in [0.3, 0.4) is 0 Å². The van der Waals surface area contributed by atoms with E-state index in [0.717, 1.165) is 57.1 Å². The Hall–Kier alpha value is -3.55. The maximum atomic E-state index is 13.0. The number of anilines is 3. The highest BCUT2D eigenvalue weighted by Crippen LogP contribution is 2.26. The lowest BCUT2D eigenvalue weighted by atomic mass is 10.2. The number of carbonyl (C=O) groups is 1. The lowest BCUT2D eigenvalue weighted by Crippen LogP contribution is -2.37. The lowest BCUT2D eigenvalue weighted by Gasteiger charge is -2.26. The first-order chi connectivity index (χ1) is 18.3. The average molecular weight is 542 g/mol. The van der Waals surface area contributed by atoms with Crippen LogP contribution in [0.2, 0.25) is 0 Å². The van der Waals surface area contributed by atoms with Gasteiger partial charge in [-0.25, -0.2) is 14.0 Å². The number of urea groups is 1. The van der Waals surface area contributed by atoms with Gasteiger partial charge < -0.3 is 20.7 Å². The van der Waals surface area contributed by atoms with Gasteiger partial charge in [0.1, 0.15) is 5.82 Å². The zero-order chi connectivity index (χ0) is 27.0. The van der Waals surface area contributed by atoms with Crippen LogP contribution in [0.4, 0.5) is 22.2 Å². The van der Waals surface area contributed by atoms with E-state index in [0.29, 0.717) is 22.3 Å². The van der Waals surface area contributed by atoms with Crippen LogP contribution in [-0.4, -0.2) is 87.0 Å². The van der Waals surface area contributed by atoms with Gasteiger partial charge in [0.25, 0.3) is 0 Å². The molecular weight excluding hydrogens is 506 g/mol. The second kappa shape index (κ2) is 12.8. The first-order valence-corrected chi connectivity index (χ1v) is 14.5. The fourth-order valence-corrected chi connectivity index (χ4v) is 5.03. The summed E-state index contributed by atoms with van der Waals surface area (Å²) < 4.78 is 22.2. The van der Waals surface area contributed by atoms with E-state index in [1.54, 1.807) is 36.7 Å². The minimum Gasteiger partial charge on any atom is -0.379 e. The van der Waals surface area contributed by atoms with Gasteiger partial charge in [-0.05, 0) is 57.1 Å². The van der Waals surface area contributed by atoms with E-state index in [1.165, 1.54) is 6.26 Å². The molecular formula is C25H35N9O3S. The largest absolute Gasteiger partial charge is 0.379 e. The molecule has 1 fully saturated rings. The third-order valence-corrected chi connectivity index (χ3v) is 7.51. The van der Waals surface area contributed by atoms with E-state index in [4.69, 9.17) is 9.72 Å². The van der Waals surface area contributed by atoms with Crippen LogP contribution in [0.5, 0.6) is 0 Å². The normalized spacial score (nSPS) is 15.6. The van der Waals surface area contributed by atoms with Crippen LogP contribution in [0.1, 0.15) is 20.3 Å². The van der Waals surface area contributed by atoms with E-state index in [9.17, 15) is 9.00 Å². The molecule has 2 amide bonds. The number of aromatic nitrogens is 4. The molecule has 1 atom stereocenters. The standard InChI is InChI=1S/C25H35N9O3S/c1-18(2)29-25(35)33-38(3,36)20-7-5-19(6-8-20)30-24-27-17-21(22-9-11-28-32-22)23(31-24)26-10-4-12-34-13-15-37-16-14-34/h5-9,11,17-18H,4,10,12-16H2,1-3H3,(H,28,32)(H,29,35)(H2,26,27,30,31). The van der Waals surface area contributed by atoms with Gasteiger partial charge in [0.2, 0.25) is 5.95 Å². The first kappa shape index (κ1) is 27.5. The van der Waals surface area contributed by atoms with Crippen LogP contribution >= 0.6 is 0 Å². The van der Waals surface area contributed by atoms with Gasteiger partial charge in [0.15, 0.2) is 0 Å². The van der Waals surface area contributed by atoms with Gasteiger partial charge in [0.05, 0.1) is 34.2 Å². The van der Waals surface area contributed by atoms with Crippen molar-refractivity contribution in [3.8, 4) is 11.3 Å². The predicted octanol–water partition coefficient (Wildman–Crippen LogP) is 3.32. The Labute approximate surface area is 223 Å². The maximum absolute atomic E-state index is 13.0. The van der Waals surface area contributed by atoms with E-state index in [1.807, 2.05) is 19.9 Å². The van der Waals surface area contributed by atoms with Crippen LogP contribution in [0.15, 0.2) is 52.0 Å². The number of morpholine rings is 1. The van der Waals surface area contributed by atoms with Gasteiger partial charge >= 0.3 is 6.03 Å². The molecule has 0 radical (unpaired) electrons. The molecule has 12 nitrogen and oxygen atoms in total. The zero-order valence-electron chi connectivity index (χ0n) is 21.9. The van der Waals surface area contributed by atoms with Gasteiger partial charge in [-0.2, -0.15) is 10.1 Å². The summed E-state index contributed by atoms with van der Waals surface area (Å²) >= 11 is 0. The van der Waals surface area contributed by atoms with Gasteiger partial charge in [-0.1, -0.05) is 0 Å². The second-order valence-electron chi connectivity index (χ2n) is 9.31. The number of nitrogens with zero attached hydrogens (tertiary/aromatic N) is 5. The zero-order valence-corrected chi connectivity index (χ0v) is 22.8. The molecule has 4 rings (SSSR count). The van der Waals surface area contributed by atoms with E-state index >= 15 is 0 Å². The van der Waals surface area contributed by atoms with Crippen molar-refractivity contribution in [3.63, 3.8) is 0 Å². The molecule has 1 aliphatic heterocycles. The average Bonchev–Trinajstić information content (AvgIpc) is 3.42. The number of hydrogen-bond acceptors (Lipinski definition) is 9. The van der Waals surface area contributed by atoms with Crippen LogP contribution in [-0.2, 0) is 14.5 Å². The monoisotopic (exact) mass is 541 g/mol. The maximum Gasteiger partial charge on any atom is 0.349 e. The molecule has 4 N–H and O–H groups in total. The molecule has 0 bridgehead atoms. The Kier molecular flexibility index (Phi) is 9.26. The summed E-state index contributed by atoms with van der Waals surface area (Å²) in [4.78, 5) is 24.0. The molecule has 13 heteroatoms. The molecule has 2 aromatic heterocycles. The summed E-state index contributed by atoms with van der Waals surface area (Å²) in [5.74, 6) is 1.10.